The molecule has 0 aromatic carbocycles. The first-order valence-corrected chi connectivity index (χ1v) is 7.45. The van der Waals surface area contributed by atoms with Crippen molar-refractivity contribution in [1.29, 1.82) is 0 Å². The highest BCUT2D eigenvalue weighted by Gasteiger charge is 2.24. The average molecular weight is 251 g/mol. The maximum atomic E-state index is 11.8. The fourth-order valence-electron chi connectivity index (χ4n) is 1.82. The maximum Gasteiger partial charge on any atom is 0.214 e. The minimum atomic E-state index is -3.28. The molecule has 1 aliphatic rings. The topological polar surface area (TPSA) is 75.6 Å². The number of hydrogen-bond donors (Lipinski definition) is 2. The highest BCUT2D eigenvalue weighted by atomic mass is 32.2. The molecule has 96 valence electrons. The number of rotatable bonds is 7. The van der Waals surface area contributed by atoms with Crippen LogP contribution in [-0.4, -0.2) is 44.6 Å². The summed E-state index contributed by atoms with van der Waals surface area (Å²) in [6.07, 6.45) is 2.74. The van der Waals surface area contributed by atoms with E-state index in [1.165, 1.54) is 0 Å². The van der Waals surface area contributed by atoms with Gasteiger partial charge in [-0.05, 0) is 25.7 Å². The fourth-order valence-corrected chi connectivity index (χ4v) is 3.47. The molecule has 0 bridgehead atoms. The van der Waals surface area contributed by atoms with Crippen LogP contribution in [0.5, 0.6) is 0 Å². The molecule has 2 unspecified atom stereocenters. The third-order valence-corrected chi connectivity index (χ3v) is 4.25. The molecule has 1 rings (SSSR count). The van der Waals surface area contributed by atoms with E-state index in [2.05, 4.69) is 4.72 Å². The predicted octanol–water partition coefficient (Wildman–Crippen LogP) is 0.246. The molecular formula is C10H21NO4S. The van der Waals surface area contributed by atoms with Crippen molar-refractivity contribution in [3.63, 3.8) is 0 Å². The first-order valence-electron chi connectivity index (χ1n) is 5.80. The SMILES string of the molecule is CCC(CCO)NS(=O)(=O)CC1CCCO1. The molecule has 2 atom stereocenters. The summed E-state index contributed by atoms with van der Waals surface area (Å²) in [7, 11) is -3.28. The molecule has 1 saturated heterocycles. The molecule has 16 heavy (non-hydrogen) atoms. The zero-order valence-electron chi connectivity index (χ0n) is 9.68. The van der Waals surface area contributed by atoms with Gasteiger partial charge in [-0.1, -0.05) is 6.92 Å². The molecule has 0 amide bonds. The van der Waals surface area contributed by atoms with Crippen LogP contribution in [0.1, 0.15) is 32.6 Å². The van der Waals surface area contributed by atoms with E-state index < -0.39 is 10.0 Å². The van der Waals surface area contributed by atoms with Crippen molar-refractivity contribution in [2.75, 3.05) is 19.0 Å². The smallest absolute Gasteiger partial charge is 0.214 e. The Kier molecular flexibility index (Phi) is 5.68. The van der Waals surface area contributed by atoms with Crippen LogP contribution >= 0.6 is 0 Å². The molecule has 1 fully saturated rings. The van der Waals surface area contributed by atoms with Crippen molar-refractivity contribution in [3.8, 4) is 0 Å². The number of aliphatic hydroxyl groups excluding tert-OH is 1. The second-order valence-electron chi connectivity index (χ2n) is 4.15. The normalized spacial score (nSPS) is 23.5. The lowest BCUT2D eigenvalue weighted by molar-refractivity contribution is 0.127. The van der Waals surface area contributed by atoms with Crippen molar-refractivity contribution in [3.05, 3.63) is 0 Å². The summed E-state index contributed by atoms with van der Waals surface area (Å²) in [5.74, 6) is 0.0366. The Morgan fingerprint density at radius 3 is 2.81 bits per heavy atom. The minimum Gasteiger partial charge on any atom is -0.396 e. The zero-order chi connectivity index (χ0) is 12.0. The van der Waals surface area contributed by atoms with E-state index in [0.29, 0.717) is 19.4 Å². The monoisotopic (exact) mass is 251 g/mol. The number of hydrogen-bond acceptors (Lipinski definition) is 4. The van der Waals surface area contributed by atoms with Gasteiger partial charge in [0.05, 0.1) is 11.9 Å². The molecule has 6 heteroatoms. The predicted molar refractivity (Wildman–Crippen MR) is 61.7 cm³/mol. The Hall–Kier alpha value is -0.170. The van der Waals surface area contributed by atoms with Gasteiger partial charge in [0, 0.05) is 19.3 Å². The van der Waals surface area contributed by atoms with Crippen LogP contribution in [0.3, 0.4) is 0 Å². The van der Waals surface area contributed by atoms with Gasteiger partial charge in [-0.3, -0.25) is 0 Å². The van der Waals surface area contributed by atoms with Crippen LogP contribution in [0.15, 0.2) is 0 Å². The van der Waals surface area contributed by atoms with E-state index in [1.54, 1.807) is 0 Å². The summed E-state index contributed by atoms with van der Waals surface area (Å²) in [6, 6.07) is -0.170. The highest BCUT2D eigenvalue weighted by Crippen LogP contribution is 2.14. The van der Waals surface area contributed by atoms with Gasteiger partial charge >= 0.3 is 0 Å². The average Bonchev–Trinajstić information content (AvgIpc) is 2.68. The fraction of sp³-hybridized carbons (Fsp3) is 1.00. The number of sulfonamides is 1. The third kappa shape index (κ3) is 4.78. The summed E-state index contributed by atoms with van der Waals surface area (Å²) in [4.78, 5) is 0. The Balaban J connectivity index is 2.42. The summed E-state index contributed by atoms with van der Waals surface area (Å²) in [5.41, 5.74) is 0. The zero-order valence-corrected chi connectivity index (χ0v) is 10.5. The van der Waals surface area contributed by atoms with Gasteiger partial charge < -0.3 is 9.84 Å². The summed E-state index contributed by atoms with van der Waals surface area (Å²) >= 11 is 0. The van der Waals surface area contributed by atoms with Gasteiger partial charge in [-0.15, -0.1) is 0 Å². The minimum absolute atomic E-state index is 0.000948. The summed E-state index contributed by atoms with van der Waals surface area (Å²) < 4.78 is 31.4. The first kappa shape index (κ1) is 13.9. The molecule has 1 aliphatic heterocycles. The lowest BCUT2D eigenvalue weighted by Gasteiger charge is -2.17. The number of aliphatic hydroxyl groups is 1. The van der Waals surface area contributed by atoms with Crippen molar-refractivity contribution in [1.82, 2.24) is 4.72 Å². The number of nitrogens with one attached hydrogen (secondary N) is 1. The standard InChI is InChI=1S/C10H21NO4S/c1-2-9(5-6-12)11-16(13,14)8-10-4-3-7-15-10/h9-12H,2-8H2,1H3. The Labute approximate surface area is 97.2 Å². The number of ether oxygens (including phenoxy) is 1. The van der Waals surface area contributed by atoms with Gasteiger partial charge in [0.15, 0.2) is 0 Å². The van der Waals surface area contributed by atoms with Crippen molar-refractivity contribution in [2.45, 2.75) is 44.8 Å². The molecule has 0 aromatic rings. The van der Waals surface area contributed by atoms with Gasteiger partial charge in [0.1, 0.15) is 0 Å². The van der Waals surface area contributed by atoms with Crippen LogP contribution in [0.2, 0.25) is 0 Å². The molecule has 2 N–H and O–H groups in total. The van der Waals surface area contributed by atoms with Crippen LogP contribution in [0, 0.1) is 0 Å². The van der Waals surface area contributed by atoms with Gasteiger partial charge in [0.2, 0.25) is 10.0 Å². The van der Waals surface area contributed by atoms with E-state index >= 15 is 0 Å². The molecule has 0 spiro atoms. The van der Waals surface area contributed by atoms with Crippen molar-refractivity contribution >= 4 is 10.0 Å². The molecule has 0 saturated carbocycles. The van der Waals surface area contributed by atoms with Crippen LogP contribution < -0.4 is 4.72 Å². The van der Waals surface area contributed by atoms with E-state index in [1.807, 2.05) is 6.92 Å². The highest BCUT2D eigenvalue weighted by molar-refractivity contribution is 7.89. The Morgan fingerprint density at radius 2 is 2.31 bits per heavy atom. The van der Waals surface area contributed by atoms with E-state index in [4.69, 9.17) is 9.84 Å². The van der Waals surface area contributed by atoms with Gasteiger partial charge in [-0.25, -0.2) is 13.1 Å². The summed E-state index contributed by atoms with van der Waals surface area (Å²) in [5, 5.41) is 8.79. The third-order valence-electron chi connectivity index (χ3n) is 2.75. The molecular weight excluding hydrogens is 230 g/mol. The summed E-state index contributed by atoms with van der Waals surface area (Å²) in [6.45, 7) is 2.56. The first-order chi connectivity index (χ1) is 7.57. The van der Waals surface area contributed by atoms with E-state index in [-0.39, 0.29) is 24.5 Å². The lowest BCUT2D eigenvalue weighted by atomic mass is 10.2. The second-order valence-corrected chi connectivity index (χ2v) is 5.95. The van der Waals surface area contributed by atoms with Crippen LogP contribution in [0.25, 0.3) is 0 Å². The maximum absolute atomic E-state index is 11.8. The van der Waals surface area contributed by atoms with Crippen molar-refractivity contribution in [2.24, 2.45) is 0 Å². The largest absolute Gasteiger partial charge is 0.396 e. The molecule has 0 radical (unpaired) electrons. The van der Waals surface area contributed by atoms with E-state index in [9.17, 15) is 8.42 Å². The van der Waals surface area contributed by atoms with Crippen LogP contribution in [0.4, 0.5) is 0 Å². The molecule has 0 aromatic heterocycles. The molecule has 1 heterocycles. The second kappa shape index (κ2) is 6.54. The van der Waals surface area contributed by atoms with E-state index in [0.717, 1.165) is 12.8 Å². The quantitative estimate of drug-likeness (QED) is 0.680. The van der Waals surface area contributed by atoms with Gasteiger partial charge in [0.25, 0.3) is 0 Å². The Bertz CT molecular complexity index is 285. The lowest BCUT2D eigenvalue weighted by Crippen LogP contribution is -2.39. The molecule has 0 aliphatic carbocycles. The van der Waals surface area contributed by atoms with Gasteiger partial charge in [-0.2, -0.15) is 0 Å². The molecule has 5 nitrogen and oxygen atoms in total. The van der Waals surface area contributed by atoms with Crippen molar-refractivity contribution < 1.29 is 18.3 Å². The Morgan fingerprint density at radius 1 is 1.56 bits per heavy atom. The van der Waals surface area contributed by atoms with Crippen LogP contribution in [-0.2, 0) is 14.8 Å².